The Bertz CT molecular complexity index is 673. The Kier molecular flexibility index (Phi) is 3.21. The number of aliphatic hydroxyl groups is 1. The van der Waals surface area contributed by atoms with Gasteiger partial charge in [0.1, 0.15) is 0 Å². The standard InChI is InChI=1S/C18H23NO4/c1-18-7-6-11-12(14(18)4-5-17(18)21)3-2-10-8-16(20)15(19(22)23)9-13(10)11/h8-9,11-12,14,17,20-21H,2-7H2,1H3/t11-,12+,14+,17+,18-/m1/s1. The van der Waals surface area contributed by atoms with E-state index in [0.29, 0.717) is 17.8 Å². The molecule has 2 saturated carbocycles. The summed E-state index contributed by atoms with van der Waals surface area (Å²) in [6, 6.07) is 3.20. The van der Waals surface area contributed by atoms with Crippen LogP contribution in [0, 0.1) is 27.4 Å². The average Bonchev–Trinajstić information content (AvgIpc) is 2.81. The van der Waals surface area contributed by atoms with Crippen LogP contribution in [0.3, 0.4) is 0 Å². The summed E-state index contributed by atoms with van der Waals surface area (Å²) in [5.41, 5.74) is 1.97. The van der Waals surface area contributed by atoms with Gasteiger partial charge < -0.3 is 10.2 Å². The van der Waals surface area contributed by atoms with Crippen LogP contribution in [0.1, 0.15) is 56.1 Å². The zero-order valence-corrected chi connectivity index (χ0v) is 13.4. The van der Waals surface area contributed by atoms with Crippen molar-refractivity contribution in [1.29, 1.82) is 0 Å². The number of nitro groups is 1. The van der Waals surface area contributed by atoms with Gasteiger partial charge in [-0.2, -0.15) is 0 Å². The summed E-state index contributed by atoms with van der Waals surface area (Å²) in [7, 11) is 0. The molecule has 2 N–H and O–H groups in total. The number of aryl methyl sites for hydroxylation is 1. The first-order valence-electron chi connectivity index (χ1n) is 8.60. The van der Waals surface area contributed by atoms with Crippen LogP contribution >= 0.6 is 0 Å². The maximum atomic E-state index is 11.2. The first kappa shape index (κ1) is 14.9. The van der Waals surface area contributed by atoms with Crippen molar-refractivity contribution in [3.05, 3.63) is 33.4 Å². The van der Waals surface area contributed by atoms with Gasteiger partial charge in [-0.3, -0.25) is 10.1 Å². The Morgan fingerprint density at radius 3 is 2.78 bits per heavy atom. The van der Waals surface area contributed by atoms with Crippen molar-refractivity contribution in [1.82, 2.24) is 0 Å². The fourth-order valence-corrected chi connectivity index (χ4v) is 5.71. The summed E-state index contributed by atoms with van der Waals surface area (Å²) >= 11 is 0. The topological polar surface area (TPSA) is 83.6 Å². The quantitative estimate of drug-likeness (QED) is 0.613. The Balaban J connectivity index is 1.74. The van der Waals surface area contributed by atoms with Crippen molar-refractivity contribution in [2.45, 2.75) is 57.5 Å². The number of aromatic hydroxyl groups is 1. The van der Waals surface area contributed by atoms with E-state index >= 15 is 0 Å². The van der Waals surface area contributed by atoms with Crippen LogP contribution in [0.5, 0.6) is 5.75 Å². The highest BCUT2D eigenvalue weighted by atomic mass is 16.6. The number of nitro benzene ring substituents is 1. The van der Waals surface area contributed by atoms with Gasteiger partial charge in [0.05, 0.1) is 11.0 Å². The molecule has 4 rings (SSSR count). The van der Waals surface area contributed by atoms with Crippen molar-refractivity contribution in [2.24, 2.45) is 17.3 Å². The predicted molar refractivity (Wildman–Crippen MR) is 85.4 cm³/mol. The van der Waals surface area contributed by atoms with Gasteiger partial charge in [-0.1, -0.05) is 6.92 Å². The van der Waals surface area contributed by atoms with Crippen LogP contribution in [0.25, 0.3) is 0 Å². The van der Waals surface area contributed by atoms with Gasteiger partial charge in [-0.25, -0.2) is 0 Å². The third-order valence-corrected chi connectivity index (χ3v) is 6.97. The van der Waals surface area contributed by atoms with Crippen molar-refractivity contribution < 1.29 is 15.1 Å². The molecule has 124 valence electrons. The van der Waals surface area contributed by atoms with Crippen LogP contribution in [-0.2, 0) is 6.42 Å². The molecule has 0 aliphatic heterocycles. The Morgan fingerprint density at radius 1 is 1.26 bits per heavy atom. The van der Waals surface area contributed by atoms with Gasteiger partial charge in [-0.15, -0.1) is 0 Å². The van der Waals surface area contributed by atoms with Crippen molar-refractivity contribution in [3.8, 4) is 5.75 Å². The molecule has 0 aromatic heterocycles. The first-order chi connectivity index (χ1) is 10.9. The molecule has 5 heteroatoms. The normalized spacial score (nSPS) is 38.5. The summed E-state index contributed by atoms with van der Waals surface area (Å²) in [4.78, 5) is 10.7. The summed E-state index contributed by atoms with van der Waals surface area (Å²) < 4.78 is 0. The Labute approximate surface area is 135 Å². The smallest absolute Gasteiger partial charge is 0.310 e. The number of phenols is 1. The predicted octanol–water partition coefficient (Wildman–Crippen LogP) is 3.52. The van der Waals surface area contributed by atoms with E-state index in [-0.39, 0.29) is 23.0 Å². The highest BCUT2D eigenvalue weighted by molar-refractivity contribution is 5.53. The van der Waals surface area contributed by atoms with E-state index in [4.69, 9.17) is 0 Å². The summed E-state index contributed by atoms with van der Waals surface area (Å²) in [5, 5.41) is 31.4. The second kappa shape index (κ2) is 4.94. The van der Waals surface area contributed by atoms with E-state index < -0.39 is 4.92 Å². The third kappa shape index (κ3) is 2.02. The molecule has 0 spiro atoms. The molecule has 1 aromatic carbocycles. The number of benzene rings is 1. The highest BCUT2D eigenvalue weighted by Gasteiger charge is 2.54. The molecule has 0 saturated heterocycles. The van der Waals surface area contributed by atoms with Gasteiger partial charge in [-0.05, 0) is 78.9 Å². The lowest BCUT2D eigenvalue weighted by molar-refractivity contribution is -0.386. The van der Waals surface area contributed by atoms with E-state index in [1.807, 2.05) is 0 Å². The van der Waals surface area contributed by atoms with Gasteiger partial charge in [0.15, 0.2) is 5.75 Å². The maximum Gasteiger partial charge on any atom is 0.310 e. The number of fused-ring (bicyclic) bond motifs is 5. The second-order valence-electron chi connectivity index (χ2n) is 7.85. The molecule has 0 radical (unpaired) electrons. The van der Waals surface area contributed by atoms with Crippen LogP contribution < -0.4 is 0 Å². The first-order valence-corrected chi connectivity index (χ1v) is 8.60. The van der Waals surface area contributed by atoms with Crippen LogP contribution in [-0.4, -0.2) is 21.2 Å². The van der Waals surface area contributed by atoms with Crippen LogP contribution in [0.4, 0.5) is 5.69 Å². The highest BCUT2D eigenvalue weighted by Crippen LogP contribution is 2.61. The number of aliphatic hydroxyl groups excluding tert-OH is 1. The number of rotatable bonds is 1. The molecule has 3 aliphatic carbocycles. The van der Waals surface area contributed by atoms with Gasteiger partial charge in [0.25, 0.3) is 0 Å². The number of hydrogen-bond donors (Lipinski definition) is 2. The number of hydrogen-bond acceptors (Lipinski definition) is 4. The molecule has 5 atom stereocenters. The molecule has 1 aromatic rings. The lowest BCUT2D eigenvalue weighted by Crippen LogP contribution is -2.43. The van der Waals surface area contributed by atoms with E-state index in [0.717, 1.165) is 49.7 Å². The molecule has 0 bridgehead atoms. The minimum Gasteiger partial charge on any atom is -0.502 e. The monoisotopic (exact) mass is 317 g/mol. The molecule has 23 heavy (non-hydrogen) atoms. The Hall–Kier alpha value is -1.62. The van der Waals surface area contributed by atoms with Crippen LogP contribution in [0.15, 0.2) is 12.1 Å². The lowest BCUT2D eigenvalue weighted by Gasteiger charge is -2.50. The second-order valence-corrected chi connectivity index (χ2v) is 7.85. The van der Waals surface area contributed by atoms with Gasteiger partial charge >= 0.3 is 5.69 Å². The zero-order chi connectivity index (χ0) is 16.4. The average molecular weight is 317 g/mol. The number of phenolic OH excluding ortho intramolecular Hbond substituents is 1. The molecule has 2 fully saturated rings. The van der Waals surface area contributed by atoms with Crippen molar-refractivity contribution >= 4 is 5.69 Å². The zero-order valence-electron chi connectivity index (χ0n) is 13.4. The van der Waals surface area contributed by atoms with E-state index in [1.54, 1.807) is 12.1 Å². The Morgan fingerprint density at radius 2 is 2.04 bits per heavy atom. The largest absolute Gasteiger partial charge is 0.502 e. The van der Waals surface area contributed by atoms with E-state index in [9.17, 15) is 20.3 Å². The molecule has 5 nitrogen and oxygen atoms in total. The van der Waals surface area contributed by atoms with E-state index in [1.165, 1.54) is 0 Å². The van der Waals surface area contributed by atoms with Crippen molar-refractivity contribution in [2.75, 3.05) is 0 Å². The molecule has 0 amide bonds. The minimum atomic E-state index is -0.495. The number of nitrogens with zero attached hydrogens (tertiary/aromatic N) is 1. The molecule has 0 heterocycles. The summed E-state index contributed by atoms with van der Waals surface area (Å²) in [6.45, 7) is 2.22. The van der Waals surface area contributed by atoms with Crippen molar-refractivity contribution in [3.63, 3.8) is 0 Å². The molecule has 0 unspecified atom stereocenters. The fourth-order valence-electron chi connectivity index (χ4n) is 5.71. The SMILES string of the molecule is C[C@@]12CC[C@H]3c4cc([N+](=O)[O-])c(O)cc4CC[C@@H]3[C@@H]1CC[C@@H]2O. The van der Waals surface area contributed by atoms with E-state index in [2.05, 4.69) is 6.92 Å². The van der Waals surface area contributed by atoms with Gasteiger partial charge in [0, 0.05) is 6.07 Å². The molecular weight excluding hydrogens is 294 g/mol. The van der Waals surface area contributed by atoms with Crippen LogP contribution in [0.2, 0.25) is 0 Å². The maximum absolute atomic E-state index is 11.2. The minimum absolute atomic E-state index is 0.0154. The summed E-state index contributed by atoms with van der Waals surface area (Å²) in [5.74, 6) is 1.13. The fraction of sp³-hybridized carbons (Fsp3) is 0.667. The molecule has 3 aliphatic rings. The van der Waals surface area contributed by atoms with Gasteiger partial charge in [0.2, 0.25) is 0 Å². The third-order valence-electron chi connectivity index (χ3n) is 6.97. The summed E-state index contributed by atoms with van der Waals surface area (Å²) in [6.07, 6.45) is 5.62. The lowest BCUT2D eigenvalue weighted by atomic mass is 9.55. The molecular formula is C18H23NO4.